The second-order valence-electron chi connectivity index (χ2n) is 7.79. The fraction of sp³-hybridized carbons (Fsp3) is 0.292. The second-order valence-corrected chi connectivity index (χ2v) is 7.79. The van der Waals surface area contributed by atoms with E-state index in [9.17, 15) is 9.59 Å². The van der Waals surface area contributed by atoms with Gasteiger partial charge in [-0.1, -0.05) is 24.0 Å². The van der Waals surface area contributed by atoms with Crippen LogP contribution in [0.5, 0.6) is 0 Å². The predicted octanol–water partition coefficient (Wildman–Crippen LogP) is 1.74. The van der Waals surface area contributed by atoms with Crippen LogP contribution in [0, 0.1) is 11.8 Å². The first kappa shape index (κ1) is 20.8. The first-order valence-corrected chi connectivity index (χ1v) is 10.2. The molecule has 31 heavy (non-hydrogen) atoms. The molecule has 0 bridgehead atoms. The van der Waals surface area contributed by atoms with E-state index >= 15 is 0 Å². The lowest BCUT2D eigenvalue weighted by Crippen LogP contribution is -2.44. The molecule has 1 aliphatic heterocycles. The molecule has 1 fully saturated rings. The van der Waals surface area contributed by atoms with E-state index in [1.54, 1.807) is 18.2 Å². The van der Waals surface area contributed by atoms with Gasteiger partial charge in [-0.15, -0.1) is 0 Å². The zero-order chi connectivity index (χ0) is 21.8. The summed E-state index contributed by atoms with van der Waals surface area (Å²) in [4.78, 5) is 33.0. The van der Waals surface area contributed by atoms with Gasteiger partial charge in [0.25, 0.3) is 5.56 Å². The Balaban J connectivity index is 1.52. The van der Waals surface area contributed by atoms with Gasteiger partial charge in [-0.25, -0.2) is 9.78 Å². The molecule has 2 aromatic carbocycles. The molecule has 3 aromatic rings. The van der Waals surface area contributed by atoms with Crippen molar-refractivity contribution in [3.63, 3.8) is 0 Å². The molecule has 1 aromatic heterocycles. The van der Waals surface area contributed by atoms with Crippen LogP contribution >= 0.6 is 0 Å². The van der Waals surface area contributed by atoms with E-state index < -0.39 is 5.97 Å². The van der Waals surface area contributed by atoms with Crippen LogP contribution in [0.1, 0.15) is 21.5 Å². The van der Waals surface area contributed by atoms with Crippen LogP contribution in [0.15, 0.2) is 53.6 Å². The topological polar surface area (TPSA) is 78.7 Å². The highest BCUT2D eigenvalue weighted by atomic mass is 16.4. The Morgan fingerprint density at radius 3 is 2.55 bits per heavy atom. The minimum Gasteiger partial charge on any atom is -0.478 e. The van der Waals surface area contributed by atoms with Crippen molar-refractivity contribution >= 4 is 16.9 Å². The number of aromatic carboxylic acids is 1. The molecule has 1 aliphatic rings. The molecule has 0 spiro atoms. The Kier molecular flexibility index (Phi) is 6.12. The quantitative estimate of drug-likeness (QED) is 0.653. The third-order valence-corrected chi connectivity index (χ3v) is 5.51. The summed E-state index contributed by atoms with van der Waals surface area (Å²) in [5.74, 6) is 5.42. The molecule has 0 amide bonds. The molecule has 1 N–H and O–H groups in total. The largest absolute Gasteiger partial charge is 0.478 e. The Morgan fingerprint density at radius 2 is 1.84 bits per heavy atom. The van der Waals surface area contributed by atoms with Gasteiger partial charge in [0.15, 0.2) is 0 Å². The highest BCUT2D eigenvalue weighted by molar-refractivity contribution is 5.87. The number of likely N-dealkylation sites (N-methyl/N-ethyl adjacent to an activating group) is 1. The molecule has 4 rings (SSSR count). The van der Waals surface area contributed by atoms with Crippen molar-refractivity contribution in [1.29, 1.82) is 0 Å². The fourth-order valence-corrected chi connectivity index (χ4v) is 3.56. The van der Waals surface area contributed by atoms with Crippen LogP contribution in [-0.2, 0) is 6.54 Å². The molecule has 7 heteroatoms. The lowest BCUT2D eigenvalue weighted by molar-refractivity contribution is 0.0697. The molecule has 1 saturated heterocycles. The van der Waals surface area contributed by atoms with E-state index in [0.29, 0.717) is 17.4 Å². The number of nitrogens with zero attached hydrogens (tertiary/aromatic N) is 4. The van der Waals surface area contributed by atoms with Gasteiger partial charge in [0.1, 0.15) is 0 Å². The first-order chi connectivity index (χ1) is 15.0. The Morgan fingerprint density at radius 1 is 1.10 bits per heavy atom. The van der Waals surface area contributed by atoms with Crippen molar-refractivity contribution < 1.29 is 9.90 Å². The summed E-state index contributed by atoms with van der Waals surface area (Å²) in [5.41, 5.74) is 2.33. The normalized spacial score (nSPS) is 14.9. The zero-order valence-electron chi connectivity index (χ0n) is 17.4. The van der Waals surface area contributed by atoms with E-state index in [2.05, 4.69) is 33.7 Å². The van der Waals surface area contributed by atoms with E-state index in [0.717, 1.165) is 43.9 Å². The van der Waals surface area contributed by atoms with Gasteiger partial charge in [0, 0.05) is 31.7 Å². The lowest BCUT2D eigenvalue weighted by atomic mass is 10.1. The number of hydrogen-bond acceptors (Lipinski definition) is 5. The van der Waals surface area contributed by atoms with Gasteiger partial charge in [0.05, 0.1) is 35.9 Å². The molecule has 0 unspecified atom stereocenters. The average molecular weight is 416 g/mol. The highest BCUT2D eigenvalue weighted by Crippen LogP contribution is 2.11. The standard InChI is InChI=1S/C24H24N4O3/c1-26-11-13-27(14-12-26)10-2-3-18-6-9-22-21(15-18)23(29)28(17-25-22)16-19-4-7-20(8-5-19)24(30)31/h4-9,15,17H,10-14,16H2,1H3,(H,30,31). The van der Waals surface area contributed by atoms with Crippen molar-refractivity contribution in [2.45, 2.75) is 6.54 Å². The molecular weight excluding hydrogens is 392 g/mol. The fourth-order valence-electron chi connectivity index (χ4n) is 3.56. The van der Waals surface area contributed by atoms with Crippen LogP contribution in [0.4, 0.5) is 0 Å². The van der Waals surface area contributed by atoms with Crippen LogP contribution in [0.2, 0.25) is 0 Å². The number of rotatable bonds is 4. The van der Waals surface area contributed by atoms with Crippen molar-refractivity contribution in [3.8, 4) is 11.8 Å². The summed E-state index contributed by atoms with van der Waals surface area (Å²) in [6, 6.07) is 12.0. The lowest BCUT2D eigenvalue weighted by Gasteiger charge is -2.30. The van der Waals surface area contributed by atoms with E-state index in [1.807, 2.05) is 12.1 Å². The number of carboxylic acids is 1. The monoisotopic (exact) mass is 416 g/mol. The maximum atomic E-state index is 13.0. The van der Waals surface area contributed by atoms with Crippen LogP contribution in [-0.4, -0.2) is 70.2 Å². The summed E-state index contributed by atoms with van der Waals surface area (Å²) in [6.07, 6.45) is 1.52. The Hall–Kier alpha value is -3.47. The van der Waals surface area contributed by atoms with Crippen LogP contribution < -0.4 is 5.56 Å². The number of aromatic nitrogens is 2. The second kappa shape index (κ2) is 9.13. The summed E-state index contributed by atoms with van der Waals surface area (Å²) in [5, 5.41) is 9.54. The maximum Gasteiger partial charge on any atom is 0.335 e. The summed E-state index contributed by atoms with van der Waals surface area (Å²) in [6.45, 7) is 5.19. The van der Waals surface area contributed by atoms with Crippen molar-refractivity contribution in [2.24, 2.45) is 0 Å². The molecule has 0 radical (unpaired) electrons. The van der Waals surface area contributed by atoms with Crippen molar-refractivity contribution in [1.82, 2.24) is 19.4 Å². The smallest absolute Gasteiger partial charge is 0.335 e. The molecular formula is C24H24N4O3. The van der Waals surface area contributed by atoms with Gasteiger partial charge < -0.3 is 10.0 Å². The number of benzene rings is 2. The van der Waals surface area contributed by atoms with Crippen molar-refractivity contribution in [2.75, 3.05) is 39.8 Å². The van der Waals surface area contributed by atoms with E-state index in [4.69, 9.17) is 5.11 Å². The number of hydrogen-bond donors (Lipinski definition) is 1. The minimum atomic E-state index is -0.975. The van der Waals surface area contributed by atoms with E-state index in [1.165, 1.54) is 23.0 Å². The predicted molar refractivity (Wildman–Crippen MR) is 119 cm³/mol. The summed E-state index contributed by atoms with van der Waals surface area (Å²) >= 11 is 0. The Bertz CT molecular complexity index is 1210. The van der Waals surface area contributed by atoms with Crippen molar-refractivity contribution in [3.05, 3.63) is 75.8 Å². The maximum absolute atomic E-state index is 13.0. The first-order valence-electron chi connectivity index (χ1n) is 10.2. The number of carbonyl (C=O) groups is 1. The van der Waals surface area contributed by atoms with Gasteiger partial charge in [-0.2, -0.15) is 0 Å². The number of fused-ring (bicyclic) bond motifs is 1. The third kappa shape index (κ3) is 5.00. The molecule has 0 aliphatic carbocycles. The molecule has 158 valence electrons. The zero-order valence-corrected chi connectivity index (χ0v) is 17.4. The van der Waals surface area contributed by atoms with Crippen LogP contribution in [0.25, 0.3) is 10.9 Å². The summed E-state index contributed by atoms with van der Waals surface area (Å²) in [7, 11) is 2.13. The molecule has 0 atom stereocenters. The van der Waals surface area contributed by atoms with Crippen LogP contribution in [0.3, 0.4) is 0 Å². The third-order valence-electron chi connectivity index (χ3n) is 5.51. The molecule has 2 heterocycles. The Labute approximate surface area is 180 Å². The number of piperazine rings is 1. The number of carboxylic acid groups (broad SMARTS) is 1. The SMILES string of the molecule is CN1CCN(CC#Cc2ccc3ncn(Cc4ccc(C(=O)O)cc4)c(=O)c3c2)CC1. The molecule has 7 nitrogen and oxygen atoms in total. The average Bonchev–Trinajstić information content (AvgIpc) is 2.78. The van der Waals surface area contributed by atoms with Gasteiger partial charge >= 0.3 is 5.97 Å². The minimum absolute atomic E-state index is 0.143. The van der Waals surface area contributed by atoms with Gasteiger partial charge in [-0.3, -0.25) is 14.3 Å². The van der Waals surface area contributed by atoms with Gasteiger partial charge in [-0.05, 0) is 42.9 Å². The summed E-state index contributed by atoms with van der Waals surface area (Å²) < 4.78 is 1.53. The molecule has 0 saturated carbocycles. The highest BCUT2D eigenvalue weighted by Gasteiger charge is 2.12. The van der Waals surface area contributed by atoms with Gasteiger partial charge in [0.2, 0.25) is 0 Å². The van der Waals surface area contributed by atoms with E-state index in [-0.39, 0.29) is 11.1 Å².